The van der Waals surface area contributed by atoms with Crippen molar-refractivity contribution in [1.82, 2.24) is 0 Å². The van der Waals surface area contributed by atoms with E-state index in [9.17, 15) is 8.78 Å². The molecule has 2 heteroatoms. The minimum atomic E-state index is -0.375. The van der Waals surface area contributed by atoms with Crippen LogP contribution in [0.15, 0.2) is 36.4 Å². The summed E-state index contributed by atoms with van der Waals surface area (Å²) in [4.78, 5) is 0. The third kappa shape index (κ3) is 0.854. The zero-order valence-corrected chi connectivity index (χ0v) is 7.22. The third-order valence-corrected chi connectivity index (χ3v) is 2.56. The lowest BCUT2D eigenvalue weighted by atomic mass is 10.1. The van der Waals surface area contributed by atoms with E-state index in [2.05, 4.69) is 0 Å². The maximum absolute atomic E-state index is 13.4. The summed E-state index contributed by atoms with van der Waals surface area (Å²) < 4.78 is 26.8. The fourth-order valence-electron chi connectivity index (χ4n) is 1.82. The number of hydrogen-bond acceptors (Lipinski definition) is 0. The van der Waals surface area contributed by atoms with Crippen LogP contribution < -0.4 is 0 Å². The van der Waals surface area contributed by atoms with E-state index in [0.717, 1.165) is 11.1 Å². The number of halogens is 2. The minimum Gasteiger partial charge on any atom is -0.206 e. The maximum Gasteiger partial charge on any atom is 0.131 e. The molecular formula is C12H6F2. The summed E-state index contributed by atoms with van der Waals surface area (Å²) >= 11 is 0. The van der Waals surface area contributed by atoms with Gasteiger partial charge in [0.2, 0.25) is 0 Å². The molecule has 0 saturated carbocycles. The quantitative estimate of drug-likeness (QED) is 0.505. The summed E-state index contributed by atoms with van der Waals surface area (Å²) in [5.74, 6) is -0.734. The molecule has 0 heterocycles. The Labute approximate surface area is 79.8 Å². The minimum absolute atomic E-state index is 0.339. The second kappa shape index (κ2) is 2.41. The fourth-order valence-corrected chi connectivity index (χ4v) is 1.82. The first-order valence-electron chi connectivity index (χ1n) is 4.35. The predicted octanol–water partition coefficient (Wildman–Crippen LogP) is 3.61. The van der Waals surface area contributed by atoms with E-state index in [0.29, 0.717) is 11.1 Å². The van der Waals surface area contributed by atoms with Gasteiger partial charge >= 0.3 is 0 Å². The standard InChI is InChI=1S/C12H6F2/c13-11-4-2-7-5-10(11)9-3-1-8(7)6-12(9)14/h1-6H. The molecule has 2 aliphatic rings. The van der Waals surface area contributed by atoms with Crippen molar-refractivity contribution >= 4 is 0 Å². The molecule has 0 nitrogen and oxygen atoms in total. The van der Waals surface area contributed by atoms with Crippen molar-refractivity contribution in [2.24, 2.45) is 0 Å². The van der Waals surface area contributed by atoms with Crippen LogP contribution in [-0.4, -0.2) is 0 Å². The zero-order chi connectivity index (χ0) is 9.71. The van der Waals surface area contributed by atoms with Crippen LogP contribution in [0, 0.1) is 11.6 Å². The normalized spacial score (nSPS) is 11.6. The van der Waals surface area contributed by atoms with E-state index in [1.807, 2.05) is 0 Å². The summed E-state index contributed by atoms with van der Waals surface area (Å²) in [6.07, 6.45) is 0. The number of rotatable bonds is 0. The second-order valence-electron chi connectivity index (χ2n) is 3.39. The number of benzene rings is 2. The van der Waals surface area contributed by atoms with Gasteiger partial charge in [0, 0.05) is 11.1 Å². The van der Waals surface area contributed by atoms with Crippen LogP contribution in [0.5, 0.6) is 0 Å². The Kier molecular flexibility index (Phi) is 1.32. The van der Waals surface area contributed by atoms with Crippen LogP contribution >= 0.6 is 0 Å². The molecule has 0 radical (unpaired) electrons. The van der Waals surface area contributed by atoms with Gasteiger partial charge in [0.25, 0.3) is 0 Å². The Morgan fingerprint density at radius 2 is 1.36 bits per heavy atom. The Hall–Kier alpha value is -1.70. The van der Waals surface area contributed by atoms with Gasteiger partial charge in [-0.05, 0) is 29.3 Å². The van der Waals surface area contributed by atoms with Crippen LogP contribution in [0.4, 0.5) is 8.78 Å². The van der Waals surface area contributed by atoms with Crippen LogP contribution in [0.3, 0.4) is 0 Å². The van der Waals surface area contributed by atoms with E-state index in [1.54, 1.807) is 24.3 Å². The molecule has 0 aliphatic heterocycles. The SMILES string of the molecule is Fc1cc2ccc1-c1cc-2ccc1F. The molecular weight excluding hydrogens is 182 g/mol. The Balaban J connectivity index is 2.52. The van der Waals surface area contributed by atoms with Crippen molar-refractivity contribution in [3.05, 3.63) is 48.0 Å². The van der Waals surface area contributed by atoms with Gasteiger partial charge in [-0.15, -0.1) is 0 Å². The van der Waals surface area contributed by atoms with Gasteiger partial charge in [0.15, 0.2) is 0 Å². The van der Waals surface area contributed by atoms with Crippen LogP contribution in [0.1, 0.15) is 0 Å². The van der Waals surface area contributed by atoms with Crippen molar-refractivity contribution in [2.75, 3.05) is 0 Å². The lowest BCUT2D eigenvalue weighted by Crippen LogP contribution is -1.83. The smallest absolute Gasteiger partial charge is 0.131 e. The molecule has 4 rings (SSSR count). The molecule has 14 heavy (non-hydrogen) atoms. The highest BCUT2D eigenvalue weighted by atomic mass is 19.1. The van der Waals surface area contributed by atoms with Crippen molar-refractivity contribution in [1.29, 1.82) is 0 Å². The maximum atomic E-state index is 13.4. The summed E-state index contributed by atoms with van der Waals surface area (Å²) in [5.41, 5.74) is 2.34. The first-order chi connectivity index (χ1) is 6.75. The van der Waals surface area contributed by atoms with Crippen molar-refractivity contribution in [3.63, 3.8) is 0 Å². The molecule has 0 aromatic heterocycles. The molecule has 0 spiro atoms. The highest BCUT2D eigenvalue weighted by Gasteiger charge is 2.16. The van der Waals surface area contributed by atoms with Gasteiger partial charge in [-0.1, -0.05) is 18.2 Å². The molecule has 0 fully saturated rings. The Morgan fingerprint density at radius 1 is 0.643 bits per heavy atom. The van der Waals surface area contributed by atoms with Gasteiger partial charge < -0.3 is 0 Å². The second-order valence-corrected chi connectivity index (χ2v) is 3.39. The Morgan fingerprint density at radius 3 is 2.14 bits per heavy atom. The van der Waals surface area contributed by atoms with Gasteiger partial charge in [0.05, 0.1) is 0 Å². The largest absolute Gasteiger partial charge is 0.206 e. The van der Waals surface area contributed by atoms with Gasteiger partial charge in [-0.3, -0.25) is 0 Å². The molecule has 2 aromatic carbocycles. The number of fused-ring (bicyclic) bond motifs is 2. The van der Waals surface area contributed by atoms with Crippen molar-refractivity contribution < 1.29 is 8.78 Å². The fraction of sp³-hybridized carbons (Fsp3) is 0. The van der Waals surface area contributed by atoms with Crippen LogP contribution in [0.25, 0.3) is 22.3 Å². The molecule has 0 saturated heterocycles. The van der Waals surface area contributed by atoms with E-state index < -0.39 is 0 Å². The van der Waals surface area contributed by atoms with Crippen molar-refractivity contribution in [3.8, 4) is 22.3 Å². The molecule has 0 unspecified atom stereocenters. The summed E-state index contributed by atoms with van der Waals surface area (Å²) in [6.45, 7) is 0. The van der Waals surface area contributed by atoms with Gasteiger partial charge in [-0.2, -0.15) is 0 Å². The average Bonchev–Trinajstić information content (AvgIpc) is 2.38. The van der Waals surface area contributed by atoms with E-state index in [4.69, 9.17) is 0 Å². The lowest BCUT2D eigenvalue weighted by molar-refractivity contribution is 0.618. The first kappa shape index (κ1) is 7.68. The van der Waals surface area contributed by atoms with Crippen LogP contribution in [0.2, 0.25) is 0 Å². The molecule has 68 valence electrons. The predicted molar refractivity (Wildman–Crippen MR) is 50.8 cm³/mol. The highest BCUT2D eigenvalue weighted by molar-refractivity contribution is 5.79. The van der Waals surface area contributed by atoms with E-state index in [-0.39, 0.29) is 11.6 Å². The Bertz CT molecular complexity index is 530. The van der Waals surface area contributed by atoms with Crippen molar-refractivity contribution in [2.45, 2.75) is 0 Å². The molecule has 2 aromatic rings. The molecule has 0 amide bonds. The van der Waals surface area contributed by atoms with Gasteiger partial charge in [-0.25, -0.2) is 8.78 Å². The molecule has 2 aliphatic carbocycles. The van der Waals surface area contributed by atoms with E-state index >= 15 is 0 Å². The topological polar surface area (TPSA) is 0 Å². The summed E-state index contributed by atoms with van der Waals surface area (Å²) in [5, 5.41) is 0. The zero-order valence-electron chi connectivity index (χ0n) is 7.22. The molecule has 0 atom stereocenters. The van der Waals surface area contributed by atoms with Crippen LogP contribution in [-0.2, 0) is 0 Å². The third-order valence-electron chi connectivity index (χ3n) is 2.56. The van der Waals surface area contributed by atoms with Gasteiger partial charge in [0.1, 0.15) is 11.6 Å². The summed E-state index contributed by atoms with van der Waals surface area (Å²) in [6, 6.07) is 9.59. The highest BCUT2D eigenvalue weighted by Crippen LogP contribution is 2.35. The summed E-state index contributed by atoms with van der Waals surface area (Å²) in [7, 11) is 0. The molecule has 0 N–H and O–H groups in total. The lowest BCUT2D eigenvalue weighted by Gasteiger charge is -2.00. The monoisotopic (exact) mass is 188 g/mol. The average molecular weight is 188 g/mol. The number of hydrogen-bond donors (Lipinski definition) is 0. The first-order valence-corrected chi connectivity index (χ1v) is 4.35. The molecule has 4 bridgehead atoms. The van der Waals surface area contributed by atoms with E-state index in [1.165, 1.54) is 12.1 Å².